The maximum atomic E-state index is 13.4. The van der Waals surface area contributed by atoms with E-state index < -0.39 is 0 Å². The number of thiazole rings is 1. The zero-order valence-corrected chi connectivity index (χ0v) is 21.6. The summed E-state index contributed by atoms with van der Waals surface area (Å²) in [4.78, 5) is 34.9. The van der Waals surface area contributed by atoms with E-state index in [-0.39, 0.29) is 17.9 Å². The van der Waals surface area contributed by atoms with Crippen molar-refractivity contribution in [3.63, 3.8) is 0 Å². The molecule has 1 aliphatic rings. The van der Waals surface area contributed by atoms with E-state index >= 15 is 0 Å². The van der Waals surface area contributed by atoms with Crippen LogP contribution in [0.15, 0.2) is 63.8 Å². The minimum absolute atomic E-state index is 0.0607. The van der Waals surface area contributed by atoms with E-state index in [0.717, 1.165) is 43.6 Å². The molecule has 0 bridgehead atoms. The van der Waals surface area contributed by atoms with Gasteiger partial charge < -0.3 is 9.84 Å². The maximum Gasteiger partial charge on any atom is 0.270 e. The zero-order valence-electron chi connectivity index (χ0n) is 19.9. The molecule has 1 fully saturated rings. The van der Waals surface area contributed by atoms with Gasteiger partial charge in [-0.05, 0) is 37.3 Å². The first-order valence-electron chi connectivity index (χ1n) is 11.9. The van der Waals surface area contributed by atoms with Gasteiger partial charge in [-0.2, -0.15) is 0 Å². The molecule has 4 heterocycles. The smallest absolute Gasteiger partial charge is 0.270 e. The van der Waals surface area contributed by atoms with Crippen LogP contribution in [-0.4, -0.2) is 59.6 Å². The molecule has 3 aromatic heterocycles. The number of hydrogen-bond acceptors (Lipinski definition) is 8. The third-order valence-electron chi connectivity index (χ3n) is 6.27. The predicted molar refractivity (Wildman–Crippen MR) is 142 cm³/mol. The lowest BCUT2D eigenvalue weighted by Crippen LogP contribution is -2.43. The van der Waals surface area contributed by atoms with Gasteiger partial charge in [0, 0.05) is 37.1 Å². The Morgan fingerprint density at radius 2 is 2.03 bits per heavy atom. The van der Waals surface area contributed by atoms with Gasteiger partial charge in [0.05, 0.1) is 10.9 Å². The van der Waals surface area contributed by atoms with Crippen molar-refractivity contribution >= 4 is 39.6 Å². The Kier molecular flexibility index (Phi) is 7.55. The molecule has 186 valence electrons. The Bertz CT molecular complexity index is 1300. The van der Waals surface area contributed by atoms with Gasteiger partial charge in [-0.3, -0.25) is 19.4 Å². The number of aromatic nitrogens is 2. The van der Waals surface area contributed by atoms with Crippen molar-refractivity contribution in [1.82, 2.24) is 20.4 Å². The fourth-order valence-corrected chi connectivity index (χ4v) is 5.96. The van der Waals surface area contributed by atoms with Gasteiger partial charge in [-0.15, -0.1) is 22.7 Å². The van der Waals surface area contributed by atoms with Crippen molar-refractivity contribution < 1.29 is 14.1 Å². The van der Waals surface area contributed by atoms with Gasteiger partial charge in [-0.1, -0.05) is 41.6 Å². The molecule has 0 unspecified atom stereocenters. The Hall–Kier alpha value is -3.34. The number of benzene rings is 1. The average Bonchev–Trinajstić information content (AvgIpc) is 3.73. The number of likely N-dealkylation sites (N-methyl/N-ethyl adjacent to an activating group) is 1. The summed E-state index contributed by atoms with van der Waals surface area (Å²) >= 11 is 2.83. The topological polar surface area (TPSA) is 91.6 Å². The van der Waals surface area contributed by atoms with Crippen LogP contribution < -0.4 is 10.2 Å². The van der Waals surface area contributed by atoms with Gasteiger partial charge in [0.2, 0.25) is 5.91 Å². The maximum absolute atomic E-state index is 13.4. The average molecular weight is 522 g/mol. The van der Waals surface area contributed by atoms with E-state index in [2.05, 4.69) is 15.4 Å². The van der Waals surface area contributed by atoms with Crippen LogP contribution in [0.5, 0.6) is 0 Å². The van der Waals surface area contributed by atoms with Gasteiger partial charge in [0.1, 0.15) is 11.4 Å². The highest BCUT2D eigenvalue weighted by molar-refractivity contribution is 7.14. The van der Waals surface area contributed by atoms with Crippen molar-refractivity contribution in [1.29, 1.82) is 0 Å². The van der Waals surface area contributed by atoms with Crippen molar-refractivity contribution in [3.8, 4) is 22.7 Å². The van der Waals surface area contributed by atoms with E-state index in [9.17, 15) is 9.59 Å². The predicted octanol–water partition coefficient (Wildman–Crippen LogP) is 4.77. The summed E-state index contributed by atoms with van der Waals surface area (Å²) in [6.07, 6.45) is 2.61. The normalized spacial score (nSPS) is 15.8. The number of rotatable bonds is 9. The molecule has 1 saturated heterocycles. The van der Waals surface area contributed by atoms with Gasteiger partial charge in [-0.25, -0.2) is 4.98 Å². The number of thiophene rings is 1. The zero-order chi connectivity index (χ0) is 24.9. The van der Waals surface area contributed by atoms with Crippen molar-refractivity contribution in [2.24, 2.45) is 0 Å². The highest BCUT2D eigenvalue weighted by Crippen LogP contribution is 2.31. The fourth-order valence-electron chi connectivity index (χ4n) is 4.45. The summed E-state index contributed by atoms with van der Waals surface area (Å²) in [5.41, 5.74) is 2.35. The van der Waals surface area contributed by atoms with Gasteiger partial charge in [0.15, 0.2) is 10.9 Å². The molecule has 1 N–H and O–H groups in total. The number of carbonyl (C=O) groups excluding carboxylic acids is 2. The molecule has 4 aromatic rings. The lowest BCUT2D eigenvalue weighted by atomic mass is 10.1. The monoisotopic (exact) mass is 521 g/mol. The standard InChI is InChI=1S/C26H27N5O3S2/c1-27-24(32)21-10-5-12-30(21)13-7-14-31(25(33)23-11-6-15-35-23)26-28-20(17-36-26)22-16-19(29-34-22)18-8-3-2-4-9-18/h2-4,6,8-9,11,15-17,21H,5,7,10,12-14H2,1H3,(H,27,32)/t21-/m0/s1. The third-order valence-corrected chi connectivity index (χ3v) is 7.99. The molecule has 36 heavy (non-hydrogen) atoms. The Morgan fingerprint density at radius 1 is 1.17 bits per heavy atom. The first kappa shape index (κ1) is 24.4. The number of hydrogen-bond donors (Lipinski definition) is 1. The van der Waals surface area contributed by atoms with Crippen molar-refractivity contribution in [2.45, 2.75) is 25.3 Å². The summed E-state index contributed by atoms with van der Waals surface area (Å²) in [7, 11) is 1.68. The molecular formula is C26H27N5O3S2. The van der Waals surface area contributed by atoms with Crippen LogP contribution in [0.1, 0.15) is 28.9 Å². The molecule has 8 nitrogen and oxygen atoms in total. The quantitative estimate of drug-likeness (QED) is 0.341. The number of likely N-dealkylation sites (tertiary alicyclic amines) is 1. The summed E-state index contributed by atoms with van der Waals surface area (Å²) in [6, 6.07) is 15.3. The molecule has 5 rings (SSSR count). The van der Waals surface area contributed by atoms with E-state index in [1.165, 1.54) is 22.7 Å². The van der Waals surface area contributed by atoms with E-state index in [1.54, 1.807) is 11.9 Å². The first-order valence-corrected chi connectivity index (χ1v) is 13.7. The summed E-state index contributed by atoms with van der Waals surface area (Å²) in [5, 5.41) is 11.4. The molecule has 1 aromatic carbocycles. The number of carbonyl (C=O) groups is 2. The Balaban J connectivity index is 1.32. The number of nitrogens with one attached hydrogen (secondary N) is 1. The SMILES string of the molecule is CNC(=O)[C@@H]1CCCN1CCCN(C(=O)c1cccs1)c1nc(-c2cc(-c3ccccc3)no2)cs1. The molecule has 0 aliphatic carbocycles. The molecule has 0 spiro atoms. The lowest BCUT2D eigenvalue weighted by molar-refractivity contribution is -0.124. The summed E-state index contributed by atoms with van der Waals surface area (Å²) < 4.78 is 5.57. The minimum atomic E-state index is -0.0897. The number of anilines is 1. The second kappa shape index (κ2) is 11.2. The fraction of sp³-hybridized carbons (Fsp3) is 0.308. The third kappa shape index (κ3) is 5.25. The lowest BCUT2D eigenvalue weighted by Gasteiger charge is -2.25. The summed E-state index contributed by atoms with van der Waals surface area (Å²) in [6.45, 7) is 2.15. The van der Waals surface area contributed by atoms with Crippen molar-refractivity contribution in [3.05, 3.63) is 64.2 Å². The van der Waals surface area contributed by atoms with E-state index in [0.29, 0.717) is 28.0 Å². The van der Waals surface area contributed by atoms with Crippen LogP contribution >= 0.6 is 22.7 Å². The Morgan fingerprint density at radius 3 is 2.81 bits per heavy atom. The second-order valence-electron chi connectivity index (χ2n) is 8.55. The largest absolute Gasteiger partial charge is 0.358 e. The molecule has 0 saturated carbocycles. The molecular weight excluding hydrogens is 494 g/mol. The van der Waals surface area contributed by atoms with E-state index in [4.69, 9.17) is 9.51 Å². The number of nitrogens with zero attached hydrogens (tertiary/aromatic N) is 4. The van der Waals surface area contributed by atoms with E-state index in [1.807, 2.05) is 59.3 Å². The number of amides is 2. The Labute approximate surface area is 217 Å². The van der Waals surface area contributed by atoms with Crippen LogP contribution in [0.2, 0.25) is 0 Å². The highest BCUT2D eigenvalue weighted by Gasteiger charge is 2.30. The van der Waals surface area contributed by atoms with Crippen molar-refractivity contribution in [2.75, 3.05) is 31.6 Å². The molecule has 0 radical (unpaired) electrons. The minimum Gasteiger partial charge on any atom is -0.358 e. The van der Waals surface area contributed by atoms with Gasteiger partial charge in [0.25, 0.3) is 5.91 Å². The molecule has 2 amide bonds. The first-order chi connectivity index (χ1) is 17.6. The summed E-state index contributed by atoms with van der Waals surface area (Å²) in [5.74, 6) is 0.550. The van der Waals surface area contributed by atoms with Crippen LogP contribution in [0.4, 0.5) is 5.13 Å². The van der Waals surface area contributed by atoms with Crippen LogP contribution in [0.3, 0.4) is 0 Å². The molecule has 10 heteroatoms. The van der Waals surface area contributed by atoms with Crippen LogP contribution in [0.25, 0.3) is 22.7 Å². The van der Waals surface area contributed by atoms with Gasteiger partial charge >= 0.3 is 0 Å². The van der Waals surface area contributed by atoms with Crippen LogP contribution in [0, 0.1) is 0 Å². The highest BCUT2D eigenvalue weighted by atomic mass is 32.1. The van der Waals surface area contributed by atoms with Crippen LogP contribution in [-0.2, 0) is 4.79 Å². The molecule has 1 atom stereocenters. The molecule has 1 aliphatic heterocycles. The second-order valence-corrected chi connectivity index (χ2v) is 10.3.